The summed E-state index contributed by atoms with van der Waals surface area (Å²) in [5.41, 5.74) is 1.30. The Morgan fingerprint density at radius 2 is 1.95 bits per heavy atom. The van der Waals surface area contributed by atoms with E-state index in [0.717, 1.165) is 21.6 Å². The second-order valence-corrected chi connectivity index (χ2v) is 8.55. The molecule has 1 aromatic carbocycles. The van der Waals surface area contributed by atoms with Crippen molar-refractivity contribution in [2.45, 2.75) is 39.2 Å². The molecule has 0 aliphatic carbocycles. The van der Waals surface area contributed by atoms with Gasteiger partial charge in [-0.2, -0.15) is 0 Å². The first-order valence-corrected chi connectivity index (χ1v) is 9.10. The molecule has 0 amide bonds. The van der Waals surface area contributed by atoms with Gasteiger partial charge in [0.25, 0.3) is 0 Å². The molecule has 1 nitrogen and oxygen atoms in total. The molecule has 1 atom stereocenters. The number of rotatable bonds is 4. The van der Waals surface area contributed by atoms with E-state index in [1.165, 1.54) is 9.75 Å². The van der Waals surface area contributed by atoms with Gasteiger partial charge in [0.15, 0.2) is 0 Å². The van der Waals surface area contributed by atoms with E-state index >= 15 is 0 Å². The summed E-state index contributed by atoms with van der Waals surface area (Å²) in [5.74, 6) is 0. The third-order valence-electron chi connectivity index (χ3n) is 3.33. The summed E-state index contributed by atoms with van der Waals surface area (Å²) in [6, 6.07) is 10.6. The van der Waals surface area contributed by atoms with E-state index in [9.17, 15) is 0 Å². The van der Waals surface area contributed by atoms with Crippen LogP contribution in [0.1, 0.15) is 49.1 Å². The van der Waals surface area contributed by atoms with Gasteiger partial charge in [0.05, 0.1) is 6.04 Å². The van der Waals surface area contributed by atoms with Gasteiger partial charge in [-0.3, -0.25) is 0 Å². The third kappa shape index (κ3) is 4.10. The molecule has 1 N–H and O–H groups in total. The first kappa shape index (κ1) is 17.0. The highest BCUT2D eigenvalue weighted by Gasteiger charge is 2.22. The Labute approximate surface area is 144 Å². The third-order valence-corrected chi connectivity index (χ3v) is 5.74. The summed E-state index contributed by atoms with van der Waals surface area (Å²) >= 11 is 11.8. The summed E-state index contributed by atoms with van der Waals surface area (Å²) in [5, 5.41) is 4.35. The van der Waals surface area contributed by atoms with Gasteiger partial charge in [-0.05, 0) is 47.9 Å². The first-order valence-electron chi connectivity index (χ1n) is 7.11. The van der Waals surface area contributed by atoms with Crippen LogP contribution < -0.4 is 5.32 Å². The van der Waals surface area contributed by atoms with Crippen molar-refractivity contribution < 1.29 is 0 Å². The number of hydrogen-bond acceptors (Lipinski definition) is 2. The van der Waals surface area contributed by atoms with Gasteiger partial charge in [-0.15, -0.1) is 11.3 Å². The maximum Gasteiger partial charge on any atom is 0.0686 e. The van der Waals surface area contributed by atoms with Crippen LogP contribution in [-0.2, 0) is 5.41 Å². The molecule has 0 saturated heterocycles. The van der Waals surface area contributed by atoms with Crippen LogP contribution in [0.3, 0.4) is 0 Å². The van der Waals surface area contributed by atoms with Crippen molar-refractivity contribution in [3.05, 3.63) is 55.1 Å². The van der Waals surface area contributed by atoms with Crippen LogP contribution in [0.25, 0.3) is 0 Å². The lowest BCUT2D eigenvalue weighted by atomic mass is 9.95. The summed E-state index contributed by atoms with van der Waals surface area (Å²) in [4.78, 5) is 2.70. The van der Waals surface area contributed by atoms with Crippen LogP contribution in [0.15, 0.2) is 34.8 Å². The minimum atomic E-state index is 0.140. The van der Waals surface area contributed by atoms with Crippen molar-refractivity contribution in [3.63, 3.8) is 0 Å². The molecule has 1 aromatic heterocycles. The lowest BCUT2D eigenvalue weighted by Crippen LogP contribution is -2.21. The summed E-state index contributed by atoms with van der Waals surface area (Å²) in [6.45, 7) is 9.76. The second kappa shape index (κ2) is 6.82. The summed E-state index contributed by atoms with van der Waals surface area (Å²) in [7, 11) is 0. The van der Waals surface area contributed by atoms with Crippen molar-refractivity contribution in [2.75, 3.05) is 6.54 Å². The molecule has 0 bridgehead atoms. The van der Waals surface area contributed by atoms with Crippen molar-refractivity contribution in [2.24, 2.45) is 0 Å². The predicted octanol–water partition coefficient (Wildman–Crippen LogP) is 6.16. The Morgan fingerprint density at radius 1 is 1.24 bits per heavy atom. The Kier molecular flexibility index (Phi) is 5.53. The van der Waals surface area contributed by atoms with Crippen molar-refractivity contribution in [3.8, 4) is 0 Å². The fourth-order valence-electron chi connectivity index (χ4n) is 2.21. The normalized spacial score (nSPS) is 13.4. The Bertz CT molecular complexity index is 615. The molecule has 0 spiro atoms. The monoisotopic (exact) mass is 385 g/mol. The van der Waals surface area contributed by atoms with Crippen LogP contribution in [0.4, 0.5) is 0 Å². The molecule has 2 aromatic rings. The van der Waals surface area contributed by atoms with Gasteiger partial charge in [0.1, 0.15) is 0 Å². The molecular weight excluding hydrogens is 366 g/mol. The molecule has 4 heteroatoms. The highest BCUT2D eigenvalue weighted by molar-refractivity contribution is 9.10. The molecule has 21 heavy (non-hydrogen) atoms. The number of benzene rings is 1. The van der Waals surface area contributed by atoms with Crippen molar-refractivity contribution >= 4 is 38.9 Å². The topological polar surface area (TPSA) is 12.0 Å². The SMILES string of the molecule is CCNC(c1ccc(C(C)(C)C)s1)c1cc(Br)ccc1Cl. The predicted molar refractivity (Wildman–Crippen MR) is 97.7 cm³/mol. The Balaban J connectivity index is 2.44. The minimum Gasteiger partial charge on any atom is -0.306 e. The van der Waals surface area contributed by atoms with Crippen LogP contribution in [0, 0.1) is 0 Å². The molecule has 0 aliphatic heterocycles. The van der Waals surface area contributed by atoms with Crippen LogP contribution >= 0.6 is 38.9 Å². The number of thiophene rings is 1. The van der Waals surface area contributed by atoms with Gasteiger partial charge in [0.2, 0.25) is 0 Å². The molecule has 2 rings (SSSR count). The quantitative estimate of drug-likeness (QED) is 0.663. The van der Waals surface area contributed by atoms with E-state index < -0.39 is 0 Å². The standard InChI is InChI=1S/C17H21BrClNS/c1-5-20-16(12-10-11(18)6-7-13(12)19)14-8-9-15(21-14)17(2,3)4/h6-10,16,20H,5H2,1-4H3. The van der Waals surface area contributed by atoms with E-state index in [-0.39, 0.29) is 11.5 Å². The number of nitrogens with one attached hydrogen (secondary N) is 1. The van der Waals surface area contributed by atoms with E-state index in [1.54, 1.807) is 0 Å². The second-order valence-electron chi connectivity index (χ2n) is 6.11. The zero-order valence-corrected chi connectivity index (χ0v) is 16.0. The molecule has 0 fully saturated rings. The van der Waals surface area contributed by atoms with E-state index in [2.05, 4.69) is 67.1 Å². The molecule has 1 heterocycles. The highest BCUT2D eigenvalue weighted by Crippen LogP contribution is 2.37. The van der Waals surface area contributed by atoms with Crippen LogP contribution in [0.2, 0.25) is 5.02 Å². The van der Waals surface area contributed by atoms with Gasteiger partial charge >= 0.3 is 0 Å². The molecule has 1 unspecified atom stereocenters. The number of hydrogen-bond donors (Lipinski definition) is 1. The smallest absolute Gasteiger partial charge is 0.0686 e. The van der Waals surface area contributed by atoms with Gasteiger partial charge in [-0.25, -0.2) is 0 Å². The fourth-order valence-corrected chi connectivity index (χ4v) is 3.98. The van der Waals surface area contributed by atoms with Crippen LogP contribution in [0.5, 0.6) is 0 Å². The van der Waals surface area contributed by atoms with E-state index in [1.807, 2.05) is 23.5 Å². The highest BCUT2D eigenvalue weighted by atomic mass is 79.9. The molecule has 0 radical (unpaired) electrons. The molecule has 0 saturated carbocycles. The van der Waals surface area contributed by atoms with Gasteiger partial charge in [-0.1, -0.05) is 55.2 Å². The maximum atomic E-state index is 6.42. The van der Waals surface area contributed by atoms with E-state index in [0.29, 0.717) is 0 Å². The number of halogens is 2. The average molecular weight is 387 g/mol. The van der Waals surface area contributed by atoms with Crippen molar-refractivity contribution in [1.82, 2.24) is 5.32 Å². The molecule has 0 aliphatic rings. The zero-order valence-electron chi connectivity index (χ0n) is 12.8. The van der Waals surface area contributed by atoms with Crippen molar-refractivity contribution in [1.29, 1.82) is 0 Å². The Hall–Kier alpha value is -0.350. The molecule has 114 valence electrons. The lowest BCUT2D eigenvalue weighted by molar-refractivity contribution is 0.604. The van der Waals surface area contributed by atoms with Gasteiger partial charge < -0.3 is 5.32 Å². The lowest BCUT2D eigenvalue weighted by Gasteiger charge is -2.20. The summed E-state index contributed by atoms with van der Waals surface area (Å²) in [6.07, 6.45) is 0. The molecular formula is C17H21BrClNS. The van der Waals surface area contributed by atoms with E-state index in [4.69, 9.17) is 11.6 Å². The summed E-state index contributed by atoms with van der Waals surface area (Å²) < 4.78 is 1.05. The van der Waals surface area contributed by atoms with Crippen LogP contribution in [-0.4, -0.2) is 6.54 Å². The fraction of sp³-hybridized carbons (Fsp3) is 0.412. The van der Waals surface area contributed by atoms with Gasteiger partial charge in [0, 0.05) is 19.2 Å². The average Bonchev–Trinajstić information content (AvgIpc) is 2.88. The Morgan fingerprint density at radius 3 is 2.52 bits per heavy atom. The minimum absolute atomic E-state index is 0.140. The zero-order chi connectivity index (χ0) is 15.6. The maximum absolute atomic E-state index is 6.42. The first-order chi connectivity index (χ1) is 9.82. The largest absolute Gasteiger partial charge is 0.306 e.